The van der Waals surface area contributed by atoms with Crippen LogP contribution < -0.4 is 4.74 Å². The van der Waals surface area contributed by atoms with E-state index in [9.17, 15) is 4.79 Å². The first kappa shape index (κ1) is 23.1. The molecule has 0 saturated carbocycles. The summed E-state index contributed by atoms with van der Waals surface area (Å²) in [7, 11) is 0. The highest BCUT2D eigenvalue weighted by molar-refractivity contribution is 6.00. The third kappa shape index (κ3) is 5.82. The van der Waals surface area contributed by atoms with Crippen molar-refractivity contribution in [1.29, 1.82) is 0 Å². The molecule has 2 aliphatic heterocycles. The molecule has 0 unspecified atom stereocenters. The van der Waals surface area contributed by atoms with Gasteiger partial charge in [-0.2, -0.15) is 0 Å². The molecule has 1 N–H and O–H groups in total. The Morgan fingerprint density at radius 1 is 1.09 bits per heavy atom. The fourth-order valence-corrected chi connectivity index (χ4v) is 4.19. The molecule has 0 bridgehead atoms. The average molecular weight is 449 g/mol. The average Bonchev–Trinajstić information content (AvgIpc) is 3.31. The van der Waals surface area contributed by atoms with Crippen LogP contribution in [0.3, 0.4) is 0 Å². The van der Waals surface area contributed by atoms with E-state index in [2.05, 4.69) is 0 Å². The predicted molar refractivity (Wildman–Crippen MR) is 129 cm³/mol. The minimum Gasteiger partial charge on any atom is -0.494 e. The quantitative estimate of drug-likeness (QED) is 0.587. The van der Waals surface area contributed by atoms with E-state index in [4.69, 9.17) is 19.6 Å². The summed E-state index contributed by atoms with van der Waals surface area (Å²) in [6.07, 6.45) is 8.40. The number of carbonyl (C=O) groups excluding carboxylic acids is 1. The SMILES string of the molecule is O=C(N1CCCCC1)[C@@]1(C/C=C/c2ccccc2)COC(c2ccc(OCCCO)cc2)=N1. The summed E-state index contributed by atoms with van der Waals surface area (Å²) in [6.45, 7) is 2.38. The monoisotopic (exact) mass is 448 g/mol. The normalized spacial score (nSPS) is 20.5. The molecule has 0 radical (unpaired) electrons. The highest BCUT2D eigenvalue weighted by Gasteiger charge is 2.45. The maximum Gasteiger partial charge on any atom is 0.254 e. The molecule has 6 heteroatoms. The number of aliphatic hydroxyl groups excluding tert-OH is 1. The number of hydrogen-bond acceptors (Lipinski definition) is 5. The van der Waals surface area contributed by atoms with Crippen LogP contribution in [0.25, 0.3) is 6.08 Å². The molecule has 1 amide bonds. The molecule has 1 fully saturated rings. The minimum absolute atomic E-state index is 0.0545. The first-order valence-electron chi connectivity index (χ1n) is 11.8. The van der Waals surface area contributed by atoms with Gasteiger partial charge in [-0.3, -0.25) is 4.79 Å². The van der Waals surface area contributed by atoms with Crippen molar-refractivity contribution in [3.05, 3.63) is 71.8 Å². The van der Waals surface area contributed by atoms with Crippen LogP contribution in [-0.4, -0.2) is 60.3 Å². The summed E-state index contributed by atoms with van der Waals surface area (Å²) in [5.74, 6) is 1.28. The lowest BCUT2D eigenvalue weighted by Gasteiger charge is -2.33. The molecule has 0 aromatic heterocycles. The van der Waals surface area contributed by atoms with Gasteiger partial charge in [0.2, 0.25) is 5.90 Å². The van der Waals surface area contributed by atoms with E-state index in [1.165, 1.54) is 6.42 Å². The van der Waals surface area contributed by atoms with E-state index in [0.29, 0.717) is 25.3 Å². The van der Waals surface area contributed by atoms with E-state index in [1.54, 1.807) is 0 Å². The first-order valence-corrected chi connectivity index (χ1v) is 11.8. The smallest absolute Gasteiger partial charge is 0.254 e. The van der Waals surface area contributed by atoms with Gasteiger partial charge < -0.3 is 19.5 Å². The van der Waals surface area contributed by atoms with Crippen molar-refractivity contribution in [2.45, 2.75) is 37.6 Å². The first-order chi connectivity index (χ1) is 16.2. The summed E-state index contributed by atoms with van der Waals surface area (Å²) in [5, 5.41) is 8.90. The van der Waals surface area contributed by atoms with Crippen LogP contribution in [0.1, 0.15) is 43.2 Å². The molecule has 4 rings (SSSR count). The molecule has 1 saturated heterocycles. The number of piperidine rings is 1. The van der Waals surface area contributed by atoms with Crippen LogP contribution in [0, 0.1) is 0 Å². The van der Waals surface area contributed by atoms with Crippen LogP contribution in [0.2, 0.25) is 0 Å². The standard InChI is InChI=1S/C27H32N2O4/c30-19-8-20-32-24-14-12-23(13-15-24)25-28-27(21-33-25,26(31)29-17-5-2-6-18-29)16-7-11-22-9-3-1-4-10-22/h1,3-4,7,9-15,30H,2,5-6,8,16-21H2/b11-7+/t27-/m1/s1. The van der Waals surface area contributed by atoms with Crippen molar-refractivity contribution < 1.29 is 19.4 Å². The van der Waals surface area contributed by atoms with Gasteiger partial charge in [-0.15, -0.1) is 0 Å². The van der Waals surface area contributed by atoms with Gasteiger partial charge in [0.25, 0.3) is 5.91 Å². The molecular formula is C27H32N2O4. The molecule has 0 spiro atoms. The Balaban J connectivity index is 1.54. The summed E-state index contributed by atoms with van der Waals surface area (Å²) in [4.78, 5) is 20.4. The second-order valence-electron chi connectivity index (χ2n) is 8.56. The van der Waals surface area contributed by atoms with Crippen molar-refractivity contribution in [2.75, 3.05) is 32.9 Å². The van der Waals surface area contributed by atoms with Gasteiger partial charge in [0.1, 0.15) is 12.4 Å². The Morgan fingerprint density at radius 3 is 2.58 bits per heavy atom. The van der Waals surface area contributed by atoms with Gasteiger partial charge in [-0.1, -0.05) is 42.5 Å². The fourth-order valence-electron chi connectivity index (χ4n) is 4.19. The number of benzene rings is 2. The van der Waals surface area contributed by atoms with Gasteiger partial charge >= 0.3 is 0 Å². The highest BCUT2D eigenvalue weighted by atomic mass is 16.5. The van der Waals surface area contributed by atoms with E-state index in [0.717, 1.165) is 42.8 Å². The number of ether oxygens (including phenoxy) is 2. The molecule has 2 aromatic carbocycles. The van der Waals surface area contributed by atoms with Crippen LogP contribution in [0.5, 0.6) is 5.75 Å². The van der Waals surface area contributed by atoms with Gasteiger partial charge in [-0.05, 0) is 49.1 Å². The molecular weight excluding hydrogens is 416 g/mol. The summed E-state index contributed by atoms with van der Waals surface area (Å²) in [5.41, 5.74) is 0.983. The number of aliphatic imine (C=N–C) groups is 1. The Kier molecular flexibility index (Phi) is 7.79. The largest absolute Gasteiger partial charge is 0.494 e. The van der Waals surface area contributed by atoms with Crippen molar-refractivity contribution in [3.63, 3.8) is 0 Å². The molecule has 33 heavy (non-hydrogen) atoms. The Labute approximate surface area is 195 Å². The molecule has 6 nitrogen and oxygen atoms in total. The zero-order chi connectivity index (χ0) is 22.9. The van der Waals surface area contributed by atoms with Crippen molar-refractivity contribution in [1.82, 2.24) is 4.90 Å². The van der Waals surface area contributed by atoms with E-state index >= 15 is 0 Å². The number of amides is 1. The van der Waals surface area contributed by atoms with Gasteiger partial charge in [-0.25, -0.2) is 4.99 Å². The number of aliphatic hydroxyl groups is 1. The topological polar surface area (TPSA) is 71.4 Å². The minimum atomic E-state index is -0.936. The second kappa shape index (κ2) is 11.1. The molecule has 2 aliphatic rings. The third-order valence-electron chi connectivity index (χ3n) is 6.04. The maximum absolute atomic E-state index is 13.6. The van der Waals surface area contributed by atoms with Crippen molar-refractivity contribution in [3.8, 4) is 5.75 Å². The van der Waals surface area contributed by atoms with Gasteiger partial charge in [0, 0.05) is 38.1 Å². The molecule has 2 aromatic rings. The zero-order valence-corrected chi connectivity index (χ0v) is 19.0. The number of hydrogen-bond donors (Lipinski definition) is 1. The van der Waals surface area contributed by atoms with Crippen LogP contribution in [-0.2, 0) is 9.53 Å². The van der Waals surface area contributed by atoms with Crippen LogP contribution in [0.15, 0.2) is 65.7 Å². The molecule has 174 valence electrons. The van der Waals surface area contributed by atoms with Crippen LogP contribution in [0.4, 0.5) is 0 Å². The summed E-state index contributed by atoms with van der Waals surface area (Å²) < 4.78 is 11.6. The Hall–Kier alpha value is -3.12. The van der Waals surface area contributed by atoms with E-state index in [1.807, 2.05) is 71.6 Å². The number of likely N-dealkylation sites (tertiary alicyclic amines) is 1. The number of rotatable bonds is 9. The lowest BCUT2D eigenvalue weighted by atomic mass is 9.93. The number of carbonyl (C=O) groups is 1. The summed E-state index contributed by atoms with van der Waals surface area (Å²) in [6, 6.07) is 17.6. The van der Waals surface area contributed by atoms with Gasteiger partial charge in [0.15, 0.2) is 5.54 Å². The Bertz CT molecular complexity index is 965. The lowest BCUT2D eigenvalue weighted by molar-refractivity contribution is -0.138. The maximum atomic E-state index is 13.6. The molecule has 2 heterocycles. The fraction of sp³-hybridized carbons (Fsp3) is 0.407. The predicted octanol–water partition coefficient (Wildman–Crippen LogP) is 4.08. The summed E-state index contributed by atoms with van der Waals surface area (Å²) >= 11 is 0. The number of nitrogens with zero attached hydrogens (tertiary/aromatic N) is 2. The van der Waals surface area contributed by atoms with Crippen molar-refractivity contribution >= 4 is 17.9 Å². The van der Waals surface area contributed by atoms with E-state index < -0.39 is 5.54 Å². The van der Waals surface area contributed by atoms with Crippen molar-refractivity contribution in [2.24, 2.45) is 4.99 Å². The highest BCUT2D eigenvalue weighted by Crippen LogP contribution is 2.30. The lowest BCUT2D eigenvalue weighted by Crippen LogP contribution is -2.50. The second-order valence-corrected chi connectivity index (χ2v) is 8.56. The third-order valence-corrected chi connectivity index (χ3v) is 6.04. The molecule has 1 atom stereocenters. The van der Waals surface area contributed by atoms with E-state index in [-0.39, 0.29) is 19.1 Å². The van der Waals surface area contributed by atoms with Crippen LogP contribution >= 0.6 is 0 Å². The zero-order valence-electron chi connectivity index (χ0n) is 19.0. The Morgan fingerprint density at radius 2 is 1.85 bits per heavy atom. The van der Waals surface area contributed by atoms with Gasteiger partial charge in [0.05, 0.1) is 6.61 Å². The molecule has 0 aliphatic carbocycles.